The van der Waals surface area contributed by atoms with Crippen molar-refractivity contribution >= 4 is 23.4 Å². The molecule has 6 heteroatoms. The van der Waals surface area contributed by atoms with E-state index in [4.69, 9.17) is 16.3 Å². The number of unbranched alkanes of at least 4 members (excludes halogenated alkanes) is 2. The normalized spacial score (nSPS) is 11.6. The Bertz CT molecular complexity index is 681. The van der Waals surface area contributed by atoms with Crippen molar-refractivity contribution in [2.24, 2.45) is 0 Å². The van der Waals surface area contributed by atoms with Gasteiger partial charge in [0.15, 0.2) is 0 Å². The number of ether oxygens (including phenoxy) is 1. The lowest BCUT2D eigenvalue weighted by molar-refractivity contribution is -0.118. The number of benzene rings is 1. The molecule has 1 rings (SSSR count). The molecule has 26 heavy (non-hydrogen) atoms. The Morgan fingerprint density at radius 1 is 1.23 bits per heavy atom. The van der Waals surface area contributed by atoms with Crippen molar-refractivity contribution < 1.29 is 24.5 Å². The van der Waals surface area contributed by atoms with E-state index in [9.17, 15) is 19.8 Å². The molecule has 5 nitrogen and oxygen atoms in total. The van der Waals surface area contributed by atoms with Crippen molar-refractivity contribution in [3.63, 3.8) is 0 Å². The Morgan fingerprint density at radius 3 is 2.54 bits per heavy atom. The number of hydrogen-bond donors (Lipinski definition) is 2. The molecular weight excluding hydrogens is 356 g/mol. The summed E-state index contributed by atoms with van der Waals surface area (Å²) in [5, 5.41) is 19.8. The molecule has 0 bridgehead atoms. The third kappa shape index (κ3) is 6.23. The molecule has 0 fully saturated rings. The van der Waals surface area contributed by atoms with Gasteiger partial charge in [0.2, 0.25) is 0 Å². The Balaban J connectivity index is 3.04. The summed E-state index contributed by atoms with van der Waals surface area (Å²) in [6, 6.07) is 0.967. The first-order valence-electron chi connectivity index (χ1n) is 8.49. The van der Waals surface area contributed by atoms with Gasteiger partial charge in [0.25, 0.3) is 0 Å². The van der Waals surface area contributed by atoms with Crippen LogP contribution in [0.5, 0.6) is 11.5 Å². The average Bonchev–Trinajstić information content (AvgIpc) is 2.56. The van der Waals surface area contributed by atoms with Crippen LogP contribution in [0.25, 0.3) is 0 Å². The minimum absolute atomic E-state index is 0.0775. The molecule has 0 aromatic heterocycles. The lowest BCUT2D eigenvalue weighted by Gasteiger charge is -2.16. The quantitative estimate of drug-likeness (QED) is 0.329. The van der Waals surface area contributed by atoms with Gasteiger partial charge in [-0.2, -0.15) is 0 Å². The highest BCUT2D eigenvalue weighted by Crippen LogP contribution is 2.37. The van der Waals surface area contributed by atoms with Gasteiger partial charge in [0, 0.05) is 30.9 Å². The summed E-state index contributed by atoms with van der Waals surface area (Å²) in [6.45, 7) is 8.89. The van der Waals surface area contributed by atoms with Gasteiger partial charge in [-0.3, -0.25) is 4.79 Å². The number of Topliss-reactive ketones (excluding diaryl/α,β-unsaturated/α-hetero) is 1. The van der Waals surface area contributed by atoms with Crippen LogP contribution in [0.2, 0.25) is 5.02 Å². The standard InChI is InChI=1S/C20H25ClO5/c1-4-6-7-8-10-14(22)11-15-18(16(23)12-17(24)19(15)21)20(25)26-13(3)9-5-2/h4-5,12-13,23-24H,1-2,6-11H2,3H3/t13-/m1/s1. The van der Waals surface area contributed by atoms with Crippen LogP contribution < -0.4 is 0 Å². The lowest BCUT2D eigenvalue weighted by atomic mass is 9.98. The maximum Gasteiger partial charge on any atom is 0.342 e. The van der Waals surface area contributed by atoms with Crippen LogP contribution in [-0.2, 0) is 16.0 Å². The number of halogens is 1. The van der Waals surface area contributed by atoms with E-state index in [0.29, 0.717) is 19.3 Å². The summed E-state index contributed by atoms with van der Waals surface area (Å²) in [6.07, 6.45) is 5.86. The SMILES string of the molecule is C=CCCCCC(=O)Cc1c(Cl)c(O)cc(O)c1C(=O)O[C@H](C)CC=C. The minimum Gasteiger partial charge on any atom is -0.507 e. The van der Waals surface area contributed by atoms with Crippen LogP contribution in [0, 0.1) is 0 Å². The summed E-state index contributed by atoms with van der Waals surface area (Å²) in [5.74, 6) is -1.81. The third-order valence-electron chi connectivity index (χ3n) is 3.82. The Morgan fingerprint density at radius 2 is 1.92 bits per heavy atom. The van der Waals surface area contributed by atoms with Gasteiger partial charge in [0.05, 0.1) is 5.02 Å². The van der Waals surface area contributed by atoms with E-state index in [1.54, 1.807) is 19.1 Å². The van der Waals surface area contributed by atoms with Crippen LogP contribution in [0.1, 0.15) is 54.9 Å². The van der Waals surface area contributed by atoms with Gasteiger partial charge < -0.3 is 14.9 Å². The zero-order valence-corrected chi connectivity index (χ0v) is 15.7. The number of rotatable bonds is 11. The number of allylic oxidation sites excluding steroid dienone is 1. The molecule has 0 saturated carbocycles. The number of carbonyl (C=O) groups is 2. The molecule has 0 heterocycles. The van der Waals surface area contributed by atoms with Crippen LogP contribution in [0.3, 0.4) is 0 Å². The summed E-state index contributed by atoms with van der Waals surface area (Å²) < 4.78 is 5.26. The van der Waals surface area contributed by atoms with E-state index in [2.05, 4.69) is 13.2 Å². The molecule has 0 aliphatic heterocycles. The van der Waals surface area contributed by atoms with Crippen molar-refractivity contribution in [3.05, 3.63) is 47.5 Å². The molecule has 1 aromatic rings. The Labute approximate surface area is 158 Å². The second-order valence-electron chi connectivity index (χ2n) is 6.07. The van der Waals surface area contributed by atoms with Crippen molar-refractivity contribution in [1.29, 1.82) is 0 Å². The van der Waals surface area contributed by atoms with Crippen LogP contribution in [0.4, 0.5) is 0 Å². The van der Waals surface area contributed by atoms with E-state index in [1.807, 2.05) is 0 Å². The van der Waals surface area contributed by atoms with E-state index in [-0.39, 0.29) is 28.4 Å². The summed E-state index contributed by atoms with van der Waals surface area (Å²) in [5.41, 5.74) is -0.114. The highest BCUT2D eigenvalue weighted by Gasteiger charge is 2.25. The van der Waals surface area contributed by atoms with Gasteiger partial charge in [-0.15, -0.1) is 13.2 Å². The molecule has 1 aromatic carbocycles. The summed E-state index contributed by atoms with van der Waals surface area (Å²) in [7, 11) is 0. The zero-order chi connectivity index (χ0) is 19.7. The van der Waals surface area contributed by atoms with E-state index < -0.39 is 23.6 Å². The zero-order valence-electron chi connectivity index (χ0n) is 15.0. The fraction of sp³-hybridized carbons (Fsp3) is 0.400. The van der Waals surface area contributed by atoms with E-state index in [0.717, 1.165) is 18.9 Å². The molecule has 0 amide bonds. The number of phenols is 2. The van der Waals surface area contributed by atoms with Gasteiger partial charge in [-0.05, 0) is 26.2 Å². The molecule has 0 saturated heterocycles. The van der Waals surface area contributed by atoms with Crippen molar-refractivity contribution in [2.75, 3.05) is 0 Å². The maximum atomic E-state index is 12.4. The van der Waals surface area contributed by atoms with Crippen molar-refractivity contribution in [3.8, 4) is 11.5 Å². The molecule has 1 atom stereocenters. The topological polar surface area (TPSA) is 83.8 Å². The van der Waals surface area contributed by atoms with Gasteiger partial charge in [-0.25, -0.2) is 4.79 Å². The Hall–Kier alpha value is -2.27. The maximum absolute atomic E-state index is 12.4. The first-order chi connectivity index (χ1) is 12.3. The van der Waals surface area contributed by atoms with Crippen molar-refractivity contribution in [1.82, 2.24) is 0 Å². The number of carbonyl (C=O) groups excluding carboxylic acids is 2. The molecule has 0 radical (unpaired) electrons. The van der Waals surface area contributed by atoms with Crippen LogP contribution >= 0.6 is 11.6 Å². The molecule has 0 spiro atoms. The molecular formula is C20H25ClO5. The largest absolute Gasteiger partial charge is 0.507 e. The Kier molecular flexibility index (Phi) is 8.93. The van der Waals surface area contributed by atoms with Crippen LogP contribution in [0.15, 0.2) is 31.4 Å². The second-order valence-corrected chi connectivity index (χ2v) is 6.45. The average molecular weight is 381 g/mol. The molecule has 0 aliphatic rings. The van der Waals surface area contributed by atoms with Gasteiger partial charge in [-0.1, -0.05) is 23.8 Å². The van der Waals surface area contributed by atoms with E-state index >= 15 is 0 Å². The molecule has 0 unspecified atom stereocenters. The first kappa shape index (κ1) is 21.8. The predicted octanol–water partition coefficient (Wildman–Crippen LogP) is 4.73. The minimum atomic E-state index is -0.798. The predicted molar refractivity (Wildman–Crippen MR) is 102 cm³/mol. The van der Waals surface area contributed by atoms with E-state index in [1.165, 1.54) is 0 Å². The number of ketones is 1. The number of hydrogen-bond acceptors (Lipinski definition) is 5. The lowest BCUT2D eigenvalue weighted by Crippen LogP contribution is -2.17. The van der Waals surface area contributed by atoms with Crippen LogP contribution in [-0.4, -0.2) is 28.1 Å². The first-order valence-corrected chi connectivity index (χ1v) is 8.87. The molecule has 142 valence electrons. The second kappa shape index (κ2) is 10.7. The number of phenolic OH excluding ortho intramolecular Hbond substituents is 2. The number of aromatic hydroxyl groups is 2. The van der Waals surface area contributed by atoms with Gasteiger partial charge in [0.1, 0.15) is 28.9 Å². The fourth-order valence-corrected chi connectivity index (χ4v) is 2.71. The third-order valence-corrected chi connectivity index (χ3v) is 4.24. The molecule has 2 N–H and O–H groups in total. The highest BCUT2D eigenvalue weighted by atomic mass is 35.5. The van der Waals surface area contributed by atoms with Crippen molar-refractivity contribution in [2.45, 2.75) is 51.6 Å². The summed E-state index contributed by atoms with van der Waals surface area (Å²) >= 11 is 6.09. The molecule has 0 aliphatic carbocycles. The monoisotopic (exact) mass is 380 g/mol. The smallest absolute Gasteiger partial charge is 0.342 e. The highest BCUT2D eigenvalue weighted by molar-refractivity contribution is 6.33. The number of esters is 1. The fourth-order valence-electron chi connectivity index (χ4n) is 2.50. The summed E-state index contributed by atoms with van der Waals surface area (Å²) in [4.78, 5) is 24.7. The van der Waals surface area contributed by atoms with Gasteiger partial charge >= 0.3 is 5.97 Å².